The molecule has 2 heteroatoms. The number of hydrogen-bond donors (Lipinski definition) is 0. The van der Waals surface area contributed by atoms with Crippen LogP contribution in [0, 0.1) is 0 Å². The Kier molecular flexibility index (Phi) is 3.66. The minimum Gasteiger partial charge on any atom is -0.261 e. The molecule has 0 fully saturated rings. The third-order valence-electron chi connectivity index (χ3n) is 2.09. The van der Waals surface area contributed by atoms with Crippen LogP contribution in [0.15, 0.2) is 36.5 Å². The Morgan fingerprint density at radius 3 is 2.69 bits per heavy atom. The van der Waals surface area contributed by atoms with Crippen molar-refractivity contribution in [2.75, 3.05) is 0 Å². The van der Waals surface area contributed by atoms with Crippen molar-refractivity contribution in [3.05, 3.63) is 42.2 Å². The van der Waals surface area contributed by atoms with Gasteiger partial charge in [0.25, 0.3) is 0 Å². The molecule has 2 aromatic rings. The van der Waals surface area contributed by atoms with Crippen molar-refractivity contribution in [1.82, 2.24) is 4.98 Å². The summed E-state index contributed by atoms with van der Waals surface area (Å²) in [6.45, 7) is 2.13. The summed E-state index contributed by atoms with van der Waals surface area (Å²) in [7, 11) is 0. The van der Waals surface area contributed by atoms with E-state index in [2.05, 4.69) is 42.2 Å². The molecule has 0 aliphatic heterocycles. The van der Waals surface area contributed by atoms with Crippen LogP contribution in [-0.2, 0) is 6.42 Å². The second kappa shape index (κ2) is 4.56. The van der Waals surface area contributed by atoms with Crippen LogP contribution in [0.1, 0.15) is 12.6 Å². The zero-order valence-corrected chi connectivity index (χ0v) is 9.86. The molecule has 0 bridgehead atoms. The van der Waals surface area contributed by atoms with Gasteiger partial charge in [0.2, 0.25) is 0 Å². The molecular weight excluding hydrogens is 273 g/mol. The molecule has 13 heavy (non-hydrogen) atoms. The van der Waals surface area contributed by atoms with Crippen LogP contribution < -0.4 is 0 Å². The summed E-state index contributed by atoms with van der Waals surface area (Å²) in [6.07, 6.45) is 2.88. The highest BCUT2D eigenvalue weighted by Gasteiger charge is 1.97. The summed E-state index contributed by atoms with van der Waals surface area (Å²) in [6, 6.07) is 10.4. The third-order valence-corrected chi connectivity index (χ3v) is 2.09. The largest absolute Gasteiger partial charge is 0.261 e. The quantitative estimate of drug-likeness (QED) is 0.732. The molecule has 0 amide bonds. The van der Waals surface area contributed by atoms with E-state index in [0.717, 1.165) is 6.42 Å². The van der Waals surface area contributed by atoms with E-state index in [1.165, 1.54) is 16.5 Å². The number of aryl methyl sites for hydroxylation is 1. The van der Waals surface area contributed by atoms with Crippen molar-refractivity contribution in [2.45, 2.75) is 13.3 Å². The van der Waals surface area contributed by atoms with Crippen molar-refractivity contribution in [1.29, 1.82) is 0 Å². The van der Waals surface area contributed by atoms with Gasteiger partial charge in [0.1, 0.15) is 0 Å². The van der Waals surface area contributed by atoms with Gasteiger partial charge in [0.15, 0.2) is 0 Å². The van der Waals surface area contributed by atoms with Crippen molar-refractivity contribution >= 4 is 34.7 Å². The lowest BCUT2D eigenvalue weighted by Crippen LogP contribution is -1.87. The third kappa shape index (κ3) is 1.99. The van der Waals surface area contributed by atoms with Crippen molar-refractivity contribution in [2.24, 2.45) is 0 Å². The molecule has 0 saturated heterocycles. The average Bonchev–Trinajstić information content (AvgIpc) is 2.17. The van der Waals surface area contributed by atoms with E-state index in [9.17, 15) is 0 Å². The van der Waals surface area contributed by atoms with Gasteiger partial charge in [0.05, 0.1) is 0 Å². The van der Waals surface area contributed by atoms with Crippen LogP contribution >= 0.6 is 24.0 Å². The lowest BCUT2D eigenvalue weighted by Gasteiger charge is -2.01. The number of nitrogens with zero attached hydrogens (tertiary/aromatic N) is 1. The second-order valence-corrected chi connectivity index (χ2v) is 2.83. The minimum absolute atomic E-state index is 0. The average molecular weight is 285 g/mol. The van der Waals surface area contributed by atoms with Gasteiger partial charge in [-0.05, 0) is 17.9 Å². The van der Waals surface area contributed by atoms with E-state index >= 15 is 0 Å². The molecule has 1 heterocycles. The number of benzene rings is 1. The first-order valence-electron chi connectivity index (χ1n) is 4.24. The zero-order chi connectivity index (χ0) is 8.39. The molecule has 0 N–H and O–H groups in total. The Bertz CT molecular complexity index is 393. The van der Waals surface area contributed by atoms with Crippen LogP contribution in [0.25, 0.3) is 10.8 Å². The molecule has 2 rings (SSSR count). The number of hydrogen-bond acceptors (Lipinski definition) is 1. The minimum atomic E-state index is 0. The van der Waals surface area contributed by atoms with E-state index in [4.69, 9.17) is 0 Å². The standard InChI is InChI=1S/C11H11N.HI/c1-2-11-10-6-4-3-5-9(10)7-8-12-11;/h3-8H,2H2,1H3;1H. The van der Waals surface area contributed by atoms with E-state index in [1.54, 1.807) is 0 Å². The van der Waals surface area contributed by atoms with Gasteiger partial charge in [-0.2, -0.15) is 0 Å². The Hall–Kier alpha value is -0.640. The molecule has 0 spiro atoms. The normalized spacial score (nSPS) is 9.62. The van der Waals surface area contributed by atoms with Crippen molar-refractivity contribution in [3.8, 4) is 0 Å². The lowest BCUT2D eigenvalue weighted by atomic mass is 10.1. The van der Waals surface area contributed by atoms with Crippen LogP contribution in [-0.4, -0.2) is 4.98 Å². The number of fused-ring (bicyclic) bond motifs is 1. The molecule has 68 valence electrons. The first-order valence-corrected chi connectivity index (χ1v) is 4.24. The van der Waals surface area contributed by atoms with Crippen molar-refractivity contribution in [3.63, 3.8) is 0 Å². The fraction of sp³-hybridized carbons (Fsp3) is 0.182. The molecule has 0 unspecified atom stereocenters. The molecule has 1 nitrogen and oxygen atoms in total. The van der Waals surface area contributed by atoms with E-state index in [0.29, 0.717) is 0 Å². The van der Waals surface area contributed by atoms with Gasteiger partial charge >= 0.3 is 0 Å². The summed E-state index contributed by atoms with van der Waals surface area (Å²) in [5.41, 5.74) is 1.19. The van der Waals surface area contributed by atoms with Gasteiger partial charge in [-0.3, -0.25) is 4.98 Å². The number of halogens is 1. The molecule has 0 aliphatic carbocycles. The Balaban J connectivity index is 0.000000845. The molecule has 1 aromatic heterocycles. The van der Waals surface area contributed by atoms with Gasteiger partial charge in [0, 0.05) is 17.3 Å². The molecule has 0 radical (unpaired) electrons. The van der Waals surface area contributed by atoms with Crippen LogP contribution in [0.3, 0.4) is 0 Å². The summed E-state index contributed by atoms with van der Waals surface area (Å²) in [5, 5.41) is 2.56. The first kappa shape index (κ1) is 10.4. The highest BCUT2D eigenvalue weighted by Crippen LogP contribution is 2.15. The summed E-state index contributed by atoms with van der Waals surface area (Å²) in [5.74, 6) is 0. The second-order valence-electron chi connectivity index (χ2n) is 2.83. The van der Waals surface area contributed by atoms with E-state index in [1.807, 2.05) is 6.20 Å². The summed E-state index contributed by atoms with van der Waals surface area (Å²) in [4.78, 5) is 4.33. The fourth-order valence-electron chi connectivity index (χ4n) is 1.46. The lowest BCUT2D eigenvalue weighted by molar-refractivity contribution is 1.06. The Morgan fingerprint density at radius 2 is 1.92 bits per heavy atom. The SMILES string of the molecule is CCc1nccc2ccccc12.I. The van der Waals surface area contributed by atoms with Gasteiger partial charge < -0.3 is 0 Å². The number of aromatic nitrogens is 1. The monoisotopic (exact) mass is 285 g/mol. The maximum Gasteiger partial charge on any atom is 0.0479 e. The van der Waals surface area contributed by atoms with E-state index < -0.39 is 0 Å². The highest BCUT2D eigenvalue weighted by atomic mass is 127. The predicted molar refractivity (Wildman–Crippen MR) is 66.5 cm³/mol. The van der Waals surface area contributed by atoms with Crippen LogP contribution in [0.2, 0.25) is 0 Å². The molecule has 0 saturated carbocycles. The zero-order valence-electron chi connectivity index (χ0n) is 7.53. The Morgan fingerprint density at radius 1 is 1.15 bits per heavy atom. The smallest absolute Gasteiger partial charge is 0.0479 e. The summed E-state index contributed by atoms with van der Waals surface area (Å²) < 4.78 is 0. The maximum atomic E-state index is 4.33. The number of pyridine rings is 1. The van der Waals surface area contributed by atoms with Gasteiger partial charge in [-0.15, -0.1) is 24.0 Å². The number of rotatable bonds is 1. The molecule has 0 atom stereocenters. The first-order chi connectivity index (χ1) is 5.92. The molecular formula is C11H12IN. The van der Waals surface area contributed by atoms with Crippen LogP contribution in [0.4, 0.5) is 0 Å². The molecule has 1 aromatic carbocycles. The topological polar surface area (TPSA) is 12.9 Å². The maximum absolute atomic E-state index is 4.33. The van der Waals surface area contributed by atoms with E-state index in [-0.39, 0.29) is 24.0 Å². The van der Waals surface area contributed by atoms with Gasteiger partial charge in [-0.1, -0.05) is 31.2 Å². The highest BCUT2D eigenvalue weighted by molar-refractivity contribution is 14.0. The molecule has 0 aliphatic rings. The van der Waals surface area contributed by atoms with Gasteiger partial charge in [-0.25, -0.2) is 0 Å². The predicted octanol–water partition coefficient (Wildman–Crippen LogP) is 3.42. The van der Waals surface area contributed by atoms with Crippen LogP contribution in [0.5, 0.6) is 0 Å². The Labute approximate surface area is 95.2 Å². The summed E-state index contributed by atoms with van der Waals surface area (Å²) >= 11 is 0. The fourth-order valence-corrected chi connectivity index (χ4v) is 1.46. The van der Waals surface area contributed by atoms with Crippen molar-refractivity contribution < 1.29 is 0 Å².